The second-order valence-electron chi connectivity index (χ2n) is 2.81. The fraction of sp³-hybridized carbons (Fsp3) is 1.00. The number of ether oxygens (including phenoxy) is 2. The molecule has 0 saturated carbocycles. The van der Waals surface area contributed by atoms with Crippen LogP contribution in [0.15, 0.2) is 0 Å². The van der Waals surface area contributed by atoms with E-state index in [9.17, 15) is 5.11 Å². The van der Waals surface area contributed by atoms with Gasteiger partial charge in [0.05, 0.1) is 0 Å². The van der Waals surface area contributed by atoms with Crippen molar-refractivity contribution >= 4 is 0 Å². The molecule has 0 aliphatic carbocycles. The van der Waals surface area contributed by atoms with Crippen LogP contribution in [-0.2, 0) is 14.6 Å². The molecule has 0 spiro atoms. The van der Waals surface area contributed by atoms with Crippen LogP contribution in [-0.4, -0.2) is 19.7 Å². The van der Waals surface area contributed by atoms with Gasteiger partial charge in [-0.25, -0.2) is 5.11 Å². The summed E-state index contributed by atoms with van der Waals surface area (Å²) in [5.41, 5.74) is 0. The third-order valence-corrected chi connectivity index (χ3v) is 1.62. The summed E-state index contributed by atoms with van der Waals surface area (Å²) in [5, 5.41) is 11.1. The average molecular weight is 175 g/mol. The van der Waals surface area contributed by atoms with Gasteiger partial charge in [0.2, 0.25) is 0 Å². The molecule has 0 saturated heterocycles. The second kappa shape index (κ2) is 7.53. The van der Waals surface area contributed by atoms with Crippen molar-refractivity contribution in [3.8, 4) is 0 Å². The van der Waals surface area contributed by atoms with E-state index in [1.165, 1.54) is 0 Å². The predicted molar refractivity (Wildman–Crippen MR) is 46.2 cm³/mol. The Kier molecular flexibility index (Phi) is 7.45. The van der Waals surface area contributed by atoms with Crippen molar-refractivity contribution in [3.05, 3.63) is 0 Å². The molecular weight excluding hydrogens is 156 g/mol. The van der Waals surface area contributed by atoms with E-state index in [-0.39, 0.29) is 6.29 Å². The van der Waals surface area contributed by atoms with Crippen molar-refractivity contribution in [3.63, 3.8) is 0 Å². The molecule has 0 aromatic heterocycles. The van der Waals surface area contributed by atoms with Crippen LogP contribution in [0.2, 0.25) is 0 Å². The molecule has 3 heteroatoms. The Balaban J connectivity index is 3.53. The topological polar surface area (TPSA) is 38.4 Å². The summed E-state index contributed by atoms with van der Waals surface area (Å²) in [6.45, 7) is 4.00. The molecule has 0 fully saturated rings. The fourth-order valence-electron chi connectivity index (χ4n) is 0.950. The van der Waals surface area contributed by atoms with Crippen molar-refractivity contribution in [2.45, 2.75) is 52.1 Å². The molecule has 0 amide bonds. The Labute approximate surface area is 74.7 Å². The third-order valence-electron chi connectivity index (χ3n) is 1.62. The number of rotatable bonds is 7. The molecule has 0 bridgehead atoms. The maximum absolute atomic E-state index is 11.1. The Morgan fingerprint density at radius 3 is 2.17 bits per heavy atom. The fourth-order valence-corrected chi connectivity index (χ4v) is 0.950. The zero-order valence-electron chi connectivity index (χ0n) is 8.21. The summed E-state index contributed by atoms with van der Waals surface area (Å²) in [6.07, 6.45) is 1.94. The maximum Gasteiger partial charge on any atom is 0.194 e. The standard InChI is InChI=1S/C9H19O3/c1-4-6-8(10)12-9(11-3)7-5-2/h8-9H,4-7H2,1-3H3. The minimum absolute atomic E-state index is 0.316. The van der Waals surface area contributed by atoms with Gasteiger partial charge in [-0.3, -0.25) is 0 Å². The average Bonchev–Trinajstić information content (AvgIpc) is 2.04. The zero-order chi connectivity index (χ0) is 9.40. The van der Waals surface area contributed by atoms with Crippen LogP contribution in [0.25, 0.3) is 0 Å². The third kappa shape index (κ3) is 5.52. The van der Waals surface area contributed by atoms with Crippen LogP contribution in [0.5, 0.6) is 0 Å². The smallest absolute Gasteiger partial charge is 0.194 e. The molecule has 1 radical (unpaired) electrons. The Hall–Kier alpha value is -0.120. The van der Waals surface area contributed by atoms with Crippen molar-refractivity contribution in [2.75, 3.05) is 7.11 Å². The Morgan fingerprint density at radius 1 is 1.17 bits per heavy atom. The second-order valence-corrected chi connectivity index (χ2v) is 2.81. The highest BCUT2D eigenvalue weighted by molar-refractivity contribution is 4.45. The lowest BCUT2D eigenvalue weighted by Crippen LogP contribution is -2.22. The Bertz CT molecular complexity index is 95.8. The van der Waals surface area contributed by atoms with Crippen LogP contribution >= 0.6 is 0 Å². The molecule has 0 aliphatic rings. The number of hydrogen-bond acceptors (Lipinski definition) is 2. The van der Waals surface area contributed by atoms with Crippen LogP contribution < -0.4 is 0 Å². The first-order valence-electron chi connectivity index (χ1n) is 4.58. The molecule has 0 heterocycles. The SMILES string of the molecule is CCCC([O])OC(CCC)OC. The monoisotopic (exact) mass is 175 g/mol. The van der Waals surface area contributed by atoms with E-state index >= 15 is 0 Å². The lowest BCUT2D eigenvalue weighted by Gasteiger charge is -2.17. The van der Waals surface area contributed by atoms with Crippen molar-refractivity contribution in [1.29, 1.82) is 0 Å². The molecule has 12 heavy (non-hydrogen) atoms. The largest absolute Gasteiger partial charge is 0.356 e. The molecule has 3 nitrogen and oxygen atoms in total. The molecule has 0 N–H and O–H groups in total. The van der Waals surface area contributed by atoms with E-state index in [2.05, 4.69) is 0 Å². The molecule has 2 unspecified atom stereocenters. The van der Waals surface area contributed by atoms with E-state index in [1.807, 2.05) is 13.8 Å². The van der Waals surface area contributed by atoms with Crippen molar-refractivity contribution < 1.29 is 14.6 Å². The minimum Gasteiger partial charge on any atom is -0.356 e. The zero-order valence-corrected chi connectivity index (χ0v) is 8.21. The molecule has 0 aromatic carbocycles. The van der Waals surface area contributed by atoms with Gasteiger partial charge in [0, 0.05) is 13.5 Å². The van der Waals surface area contributed by atoms with E-state index in [0.29, 0.717) is 6.42 Å². The summed E-state index contributed by atoms with van der Waals surface area (Å²) >= 11 is 0. The molecule has 0 rings (SSSR count). The van der Waals surface area contributed by atoms with Crippen LogP contribution in [0, 0.1) is 0 Å². The summed E-state index contributed by atoms with van der Waals surface area (Å²) in [6, 6.07) is 0. The van der Waals surface area contributed by atoms with Gasteiger partial charge in [-0.1, -0.05) is 26.7 Å². The van der Waals surface area contributed by atoms with E-state index < -0.39 is 6.29 Å². The number of hydrogen-bond donors (Lipinski definition) is 0. The highest BCUT2D eigenvalue weighted by atomic mass is 16.7. The molecule has 73 valence electrons. The summed E-state index contributed by atoms with van der Waals surface area (Å²) in [5.74, 6) is 0. The lowest BCUT2D eigenvalue weighted by atomic mass is 10.3. The van der Waals surface area contributed by atoms with Crippen LogP contribution in [0.4, 0.5) is 0 Å². The van der Waals surface area contributed by atoms with E-state index in [0.717, 1.165) is 19.3 Å². The first-order valence-corrected chi connectivity index (χ1v) is 4.58. The molecule has 0 aromatic rings. The summed E-state index contributed by atoms with van der Waals surface area (Å²) in [7, 11) is 1.57. The summed E-state index contributed by atoms with van der Waals surface area (Å²) in [4.78, 5) is 0. The Morgan fingerprint density at radius 2 is 1.75 bits per heavy atom. The molecule has 0 aliphatic heterocycles. The van der Waals surface area contributed by atoms with E-state index in [1.54, 1.807) is 7.11 Å². The summed E-state index contributed by atoms with van der Waals surface area (Å²) < 4.78 is 10.1. The van der Waals surface area contributed by atoms with Crippen molar-refractivity contribution in [2.24, 2.45) is 0 Å². The van der Waals surface area contributed by atoms with Gasteiger partial charge in [-0.05, 0) is 6.42 Å². The maximum atomic E-state index is 11.1. The first kappa shape index (κ1) is 11.9. The predicted octanol–water partition coefficient (Wildman–Crippen LogP) is 2.33. The van der Waals surface area contributed by atoms with E-state index in [4.69, 9.17) is 9.47 Å². The number of methoxy groups -OCH3 is 1. The van der Waals surface area contributed by atoms with Crippen molar-refractivity contribution in [1.82, 2.24) is 0 Å². The normalized spacial score (nSPS) is 16.0. The van der Waals surface area contributed by atoms with Gasteiger partial charge in [0.1, 0.15) is 0 Å². The van der Waals surface area contributed by atoms with Gasteiger partial charge < -0.3 is 9.47 Å². The highest BCUT2D eigenvalue weighted by Crippen LogP contribution is 2.08. The molecular formula is C9H19O3. The van der Waals surface area contributed by atoms with Crippen LogP contribution in [0.3, 0.4) is 0 Å². The van der Waals surface area contributed by atoms with Gasteiger partial charge in [0.25, 0.3) is 0 Å². The first-order chi connectivity index (χ1) is 5.74. The lowest BCUT2D eigenvalue weighted by molar-refractivity contribution is -0.243. The van der Waals surface area contributed by atoms with Gasteiger partial charge in [-0.15, -0.1) is 0 Å². The molecule has 2 atom stereocenters. The quantitative estimate of drug-likeness (QED) is 0.557. The van der Waals surface area contributed by atoms with Gasteiger partial charge >= 0.3 is 0 Å². The van der Waals surface area contributed by atoms with Gasteiger partial charge in [0.15, 0.2) is 12.6 Å². The highest BCUT2D eigenvalue weighted by Gasteiger charge is 2.12. The van der Waals surface area contributed by atoms with Gasteiger partial charge in [-0.2, -0.15) is 0 Å². The van der Waals surface area contributed by atoms with Crippen LogP contribution in [0.1, 0.15) is 39.5 Å². The minimum atomic E-state index is -0.925.